The molecule has 3 aromatic carbocycles. The van der Waals surface area contributed by atoms with Gasteiger partial charge in [-0.1, -0.05) is 30.3 Å². The molecule has 6 heteroatoms. The quantitative estimate of drug-likeness (QED) is 0.477. The number of hydrogen-bond acceptors (Lipinski definition) is 4. The van der Waals surface area contributed by atoms with Crippen LogP contribution >= 0.6 is 0 Å². The molecule has 0 bridgehead atoms. The Bertz CT molecular complexity index is 1220. The van der Waals surface area contributed by atoms with Crippen LogP contribution in [0, 0.1) is 0 Å². The molecule has 0 radical (unpaired) electrons. The molecular formula is C24H21N3O3. The van der Waals surface area contributed by atoms with Crippen LogP contribution in [0.15, 0.2) is 72.9 Å². The average molecular weight is 399 g/mol. The molecule has 2 amide bonds. The SMILES string of the molecule is CCOc1ccc(NC(=O)CNC(=O)c2cc3ccccc3c3cccnc23)cc1. The van der Waals surface area contributed by atoms with E-state index in [-0.39, 0.29) is 18.4 Å². The molecule has 2 N–H and O–H groups in total. The number of anilines is 1. The third-order valence-corrected chi connectivity index (χ3v) is 4.72. The summed E-state index contributed by atoms with van der Waals surface area (Å²) in [5.74, 6) is 0.0799. The molecule has 0 saturated carbocycles. The van der Waals surface area contributed by atoms with Crippen molar-refractivity contribution in [3.63, 3.8) is 0 Å². The minimum Gasteiger partial charge on any atom is -0.494 e. The molecule has 0 aliphatic carbocycles. The summed E-state index contributed by atoms with van der Waals surface area (Å²) in [5.41, 5.74) is 1.69. The van der Waals surface area contributed by atoms with Crippen LogP contribution in [-0.2, 0) is 4.79 Å². The zero-order valence-electron chi connectivity index (χ0n) is 16.5. The molecule has 0 spiro atoms. The Kier molecular flexibility index (Phi) is 5.57. The first-order valence-corrected chi connectivity index (χ1v) is 9.73. The van der Waals surface area contributed by atoms with Crippen molar-refractivity contribution >= 4 is 39.2 Å². The van der Waals surface area contributed by atoms with E-state index in [1.807, 2.05) is 49.4 Å². The summed E-state index contributed by atoms with van der Waals surface area (Å²) in [5, 5.41) is 8.33. The number of pyridine rings is 1. The molecule has 1 aromatic heterocycles. The second-order valence-corrected chi connectivity index (χ2v) is 6.73. The minimum absolute atomic E-state index is 0.146. The Morgan fingerprint density at radius 3 is 2.53 bits per heavy atom. The normalized spacial score (nSPS) is 10.7. The van der Waals surface area contributed by atoms with E-state index < -0.39 is 0 Å². The highest BCUT2D eigenvalue weighted by atomic mass is 16.5. The fourth-order valence-corrected chi connectivity index (χ4v) is 3.36. The summed E-state index contributed by atoms with van der Waals surface area (Å²) in [6.45, 7) is 2.34. The predicted molar refractivity (Wildman–Crippen MR) is 118 cm³/mol. The van der Waals surface area contributed by atoms with Gasteiger partial charge in [0.15, 0.2) is 0 Å². The van der Waals surface area contributed by atoms with Crippen molar-refractivity contribution in [1.82, 2.24) is 10.3 Å². The maximum absolute atomic E-state index is 12.8. The van der Waals surface area contributed by atoms with Crippen LogP contribution in [0.3, 0.4) is 0 Å². The maximum Gasteiger partial charge on any atom is 0.253 e. The minimum atomic E-state index is -0.341. The fourth-order valence-electron chi connectivity index (χ4n) is 3.36. The highest BCUT2D eigenvalue weighted by Crippen LogP contribution is 2.27. The Balaban J connectivity index is 1.48. The third kappa shape index (κ3) is 4.07. The van der Waals surface area contributed by atoms with E-state index in [1.54, 1.807) is 30.5 Å². The molecular weight excluding hydrogens is 378 g/mol. The predicted octanol–water partition coefficient (Wildman–Crippen LogP) is 4.16. The molecule has 0 saturated heterocycles. The van der Waals surface area contributed by atoms with Gasteiger partial charge in [-0.15, -0.1) is 0 Å². The number of nitrogens with zero attached hydrogens (tertiary/aromatic N) is 1. The van der Waals surface area contributed by atoms with Crippen molar-refractivity contribution < 1.29 is 14.3 Å². The number of amides is 2. The summed E-state index contributed by atoms with van der Waals surface area (Å²) in [6.07, 6.45) is 1.66. The van der Waals surface area contributed by atoms with Gasteiger partial charge in [0.25, 0.3) is 5.91 Å². The van der Waals surface area contributed by atoms with Gasteiger partial charge in [-0.25, -0.2) is 0 Å². The van der Waals surface area contributed by atoms with E-state index in [0.29, 0.717) is 23.4 Å². The molecule has 150 valence electrons. The lowest BCUT2D eigenvalue weighted by molar-refractivity contribution is -0.115. The zero-order valence-corrected chi connectivity index (χ0v) is 16.5. The second-order valence-electron chi connectivity index (χ2n) is 6.73. The van der Waals surface area contributed by atoms with Gasteiger partial charge in [-0.2, -0.15) is 0 Å². The van der Waals surface area contributed by atoms with Crippen molar-refractivity contribution in [2.24, 2.45) is 0 Å². The van der Waals surface area contributed by atoms with Crippen molar-refractivity contribution in [1.29, 1.82) is 0 Å². The monoisotopic (exact) mass is 399 g/mol. The summed E-state index contributed by atoms with van der Waals surface area (Å²) < 4.78 is 5.38. The smallest absolute Gasteiger partial charge is 0.253 e. The third-order valence-electron chi connectivity index (χ3n) is 4.72. The maximum atomic E-state index is 12.8. The van der Waals surface area contributed by atoms with Gasteiger partial charge in [0.2, 0.25) is 5.91 Å². The average Bonchev–Trinajstić information content (AvgIpc) is 2.78. The Labute approximate surface area is 173 Å². The van der Waals surface area contributed by atoms with Gasteiger partial charge in [0.05, 0.1) is 24.2 Å². The van der Waals surface area contributed by atoms with Crippen LogP contribution in [-0.4, -0.2) is 29.9 Å². The van der Waals surface area contributed by atoms with E-state index in [1.165, 1.54) is 0 Å². The van der Waals surface area contributed by atoms with Crippen molar-refractivity contribution in [2.75, 3.05) is 18.5 Å². The molecule has 4 rings (SSSR count). The second kappa shape index (κ2) is 8.61. The van der Waals surface area contributed by atoms with Gasteiger partial charge in [-0.3, -0.25) is 14.6 Å². The van der Waals surface area contributed by atoms with Gasteiger partial charge < -0.3 is 15.4 Å². The Hall–Kier alpha value is -3.93. The van der Waals surface area contributed by atoms with Gasteiger partial charge in [-0.05, 0) is 54.1 Å². The molecule has 0 aliphatic heterocycles. The number of rotatable bonds is 6. The van der Waals surface area contributed by atoms with Crippen molar-refractivity contribution in [3.05, 3.63) is 78.5 Å². The first-order chi connectivity index (χ1) is 14.7. The molecule has 0 fully saturated rings. The molecule has 0 unspecified atom stereocenters. The van der Waals surface area contributed by atoms with E-state index in [9.17, 15) is 9.59 Å². The molecule has 0 atom stereocenters. The van der Waals surface area contributed by atoms with Crippen LogP contribution in [0.25, 0.3) is 21.7 Å². The number of carbonyl (C=O) groups excluding carboxylic acids is 2. The largest absolute Gasteiger partial charge is 0.494 e. The van der Waals surface area contributed by atoms with Crippen LogP contribution in [0.4, 0.5) is 5.69 Å². The van der Waals surface area contributed by atoms with Gasteiger partial charge >= 0.3 is 0 Å². The highest BCUT2D eigenvalue weighted by Gasteiger charge is 2.15. The molecule has 1 heterocycles. The van der Waals surface area contributed by atoms with Crippen LogP contribution < -0.4 is 15.4 Å². The molecule has 6 nitrogen and oxygen atoms in total. The van der Waals surface area contributed by atoms with Crippen LogP contribution in [0.1, 0.15) is 17.3 Å². The zero-order chi connectivity index (χ0) is 20.9. The Morgan fingerprint density at radius 2 is 1.73 bits per heavy atom. The van der Waals surface area contributed by atoms with E-state index >= 15 is 0 Å². The van der Waals surface area contributed by atoms with E-state index in [0.717, 1.165) is 21.9 Å². The molecule has 0 aliphatic rings. The number of hydrogen-bond donors (Lipinski definition) is 2. The molecule has 30 heavy (non-hydrogen) atoms. The lowest BCUT2D eigenvalue weighted by atomic mass is 10.0. The number of fused-ring (bicyclic) bond motifs is 3. The summed E-state index contributed by atoms with van der Waals surface area (Å²) in [6, 6.07) is 20.5. The number of ether oxygens (including phenoxy) is 1. The number of carbonyl (C=O) groups is 2. The first kappa shape index (κ1) is 19.4. The number of benzene rings is 3. The number of nitrogens with one attached hydrogen (secondary N) is 2. The number of aromatic nitrogens is 1. The summed E-state index contributed by atoms with van der Waals surface area (Å²) in [7, 11) is 0. The first-order valence-electron chi connectivity index (χ1n) is 9.73. The summed E-state index contributed by atoms with van der Waals surface area (Å²) in [4.78, 5) is 29.5. The Morgan fingerprint density at radius 1 is 0.967 bits per heavy atom. The lowest BCUT2D eigenvalue weighted by Crippen LogP contribution is -2.33. The lowest BCUT2D eigenvalue weighted by Gasteiger charge is -2.11. The fraction of sp³-hybridized carbons (Fsp3) is 0.125. The topological polar surface area (TPSA) is 80.3 Å². The van der Waals surface area contributed by atoms with Crippen LogP contribution in [0.5, 0.6) is 5.75 Å². The molecule has 4 aromatic rings. The summed E-state index contributed by atoms with van der Waals surface area (Å²) >= 11 is 0. The van der Waals surface area contributed by atoms with E-state index in [4.69, 9.17) is 4.74 Å². The van der Waals surface area contributed by atoms with Crippen molar-refractivity contribution in [2.45, 2.75) is 6.92 Å². The van der Waals surface area contributed by atoms with Crippen LogP contribution in [0.2, 0.25) is 0 Å². The van der Waals surface area contributed by atoms with Gasteiger partial charge in [0, 0.05) is 17.3 Å². The van der Waals surface area contributed by atoms with E-state index in [2.05, 4.69) is 15.6 Å². The van der Waals surface area contributed by atoms with Gasteiger partial charge in [0.1, 0.15) is 5.75 Å². The standard InChI is InChI=1S/C24H21N3O3/c1-2-30-18-11-9-17(10-12-18)27-22(28)15-26-24(29)21-14-16-6-3-4-7-19(16)20-8-5-13-25-23(20)21/h3-14H,2,15H2,1H3,(H,26,29)(H,27,28). The van der Waals surface area contributed by atoms with Crippen molar-refractivity contribution in [3.8, 4) is 5.75 Å². The highest BCUT2D eigenvalue weighted by molar-refractivity contribution is 6.16.